The lowest BCUT2D eigenvalue weighted by molar-refractivity contribution is -0.207. The monoisotopic (exact) mass is 302 g/mol. The maximum Gasteiger partial charge on any atom is 0.138 e. The van der Waals surface area contributed by atoms with Gasteiger partial charge in [0.05, 0.1) is 6.10 Å². The summed E-state index contributed by atoms with van der Waals surface area (Å²) in [4.78, 5) is 12.5. The van der Waals surface area contributed by atoms with Crippen LogP contribution in [0.15, 0.2) is 12.2 Å². The van der Waals surface area contributed by atoms with Crippen LogP contribution >= 0.6 is 0 Å². The number of carbonyl (C=O) groups excluding carboxylic acids is 1. The summed E-state index contributed by atoms with van der Waals surface area (Å²) in [5, 5.41) is 10.9. The highest BCUT2D eigenvalue weighted by molar-refractivity contribution is 5.85. The molecule has 2 heteroatoms. The molecule has 5 rings (SSSR count). The number of fused-ring (bicyclic) bond motifs is 3. The van der Waals surface area contributed by atoms with Crippen molar-refractivity contribution in [2.45, 2.75) is 71.8 Å². The molecule has 1 N–H and O–H groups in total. The lowest BCUT2D eigenvalue weighted by Gasteiger charge is -2.68. The fourth-order valence-electron chi connectivity index (χ4n) is 7.27. The Morgan fingerprint density at radius 2 is 1.86 bits per heavy atom. The van der Waals surface area contributed by atoms with Gasteiger partial charge in [-0.25, -0.2) is 0 Å². The van der Waals surface area contributed by atoms with Crippen molar-refractivity contribution in [2.24, 2.45) is 34.0 Å². The maximum absolute atomic E-state index is 12.5. The van der Waals surface area contributed by atoms with E-state index in [2.05, 4.69) is 27.4 Å². The molecule has 0 aromatic rings. The Morgan fingerprint density at radius 3 is 2.59 bits per heavy atom. The minimum absolute atomic E-state index is 0.0630. The van der Waals surface area contributed by atoms with Gasteiger partial charge in [-0.2, -0.15) is 0 Å². The van der Waals surface area contributed by atoms with Gasteiger partial charge >= 0.3 is 0 Å². The number of aliphatic hydroxyl groups excluding tert-OH is 1. The van der Waals surface area contributed by atoms with Crippen LogP contribution in [0.3, 0.4) is 0 Å². The van der Waals surface area contributed by atoms with E-state index in [1.807, 2.05) is 0 Å². The highest BCUT2D eigenvalue weighted by Gasteiger charge is 2.66. The van der Waals surface area contributed by atoms with Crippen LogP contribution in [0.25, 0.3) is 0 Å². The van der Waals surface area contributed by atoms with Crippen molar-refractivity contribution in [1.29, 1.82) is 0 Å². The van der Waals surface area contributed by atoms with Gasteiger partial charge in [0, 0.05) is 17.3 Å². The van der Waals surface area contributed by atoms with Gasteiger partial charge < -0.3 is 5.11 Å². The SMILES string of the molecule is C=C1C[C@@]23CC[C@@H]4C(C)(C)C(=O)CC[C@@]4(C)[C@@H]2C[C@@H]1C[C@H]3O. The molecule has 5 aliphatic rings. The number of rotatable bonds is 0. The first-order valence-corrected chi connectivity index (χ1v) is 9.11. The fourth-order valence-corrected chi connectivity index (χ4v) is 7.27. The molecule has 0 heterocycles. The minimum Gasteiger partial charge on any atom is -0.393 e. The first kappa shape index (κ1) is 14.9. The molecular formula is C20H30O2. The number of hydrogen-bond acceptors (Lipinski definition) is 2. The number of aliphatic hydroxyl groups is 1. The Kier molecular flexibility index (Phi) is 2.89. The summed E-state index contributed by atoms with van der Waals surface area (Å²) in [7, 11) is 0. The molecule has 5 fully saturated rings. The second kappa shape index (κ2) is 4.26. The van der Waals surface area contributed by atoms with Gasteiger partial charge in [-0.3, -0.25) is 4.79 Å². The molecule has 1 spiro atoms. The lowest BCUT2D eigenvalue weighted by atomic mass is 9.36. The average molecular weight is 302 g/mol. The number of carbonyl (C=O) groups is 1. The zero-order valence-corrected chi connectivity index (χ0v) is 14.3. The van der Waals surface area contributed by atoms with Crippen LogP contribution in [0.1, 0.15) is 65.7 Å². The molecule has 0 amide bonds. The van der Waals surface area contributed by atoms with Crippen LogP contribution in [0.5, 0.6) is 0 Å². The summed E-state index contributed by atoms with van der Waals surface area (Å²) in [5.74, 6) is 2.03. The second-order valence-corrected chi connectivity index (χ2v) is 9.55. The molecule has 0 aromatic carbocycles. The molecule has 0 radical (unpaired) electrons. The minimum atomic E-state index is -0.187. The van der Waals surface area contributed by atoms with Gasteiger partial charge in [-0.05, 0) is 61.7 Å². The van der Waals surface area contributed by atoms with E-state index in [0.717, 1.165) is 38.5 Å². The average Bonchev–Trinajstić information content (AvgIpc) is 2.44. The van der Waals surface area contributed by atoms with Gasteiger partial charge in [-0.1, -0.05) is 32.9 Å². The van der Waals surface area contributed by atoms with E-state index in [4.69, 9.17) is 0 Å². The molecule has 0 unspecified atom stereocenters. The number of allylic oxidation sites excluding steroid dienone is 1. The summed E-state index contributed by atoms with van der Waals surface area (Å²) in [6.07, 6.45) is 6.95. The van der Waals surface area contributed by atoms with Crippen LogP contribution in [0, 0.1) is 34.0 Å². The zero-order chi connectivity index (χ0) is 15.9. The van der Waals surface area contributed by atoms with Crippen LogP contribution in [-0.4, -0.2) is 17.0 Å². The van der Waals surface area contributed by atoms with Crippen molar-refractivity contribution in [2.75, 3.05) is 0 Å². The smallest absolute Gasteiger partial charge is 0.138 e. The van der Waals surface area contributed by atoms with Crippen molar-refractivity contribution < 1.29 is 9.90 Å². The van der Waals surface area contributed by atoms with E-state index in [-0.39, 0.29) is 22.3 Å². The molecule has 22 heavy (non-hydrogen) atoms. The third kappa shape index (κ3) is 1.58. The van der Waals surface area contributed by atoms with Crippen LogP contribution in [-0.2, 0) is 4.79 Å². The molecule has 0 saturated heterocycles. The third-order valence-electron chi connectivity index (χ3n) is 8.49. The van der Waals surface area contributed by atoms with E-state index in [1.165, 1.54) is 12.0 Å². The summed E-state index contributed by atoms with van der Waals surface area (Å²) in [5.41, 5.74) is 1.48. The lowest BCUT2D eigenvalue weighted by Crippen LogP contribution is -2.64. The Labute approximate surface area is 134 Å². The zero-order valence-electron chi connectivity index (χ0n) is 14.3. The van der Waals surface area contributed by atoms with Gasteiger partial charge in [0.2, 0.25) is 0 Å². The molecule has 0 aliphatic heterocycles. The Morgan fingerprint density at radius 1 is 1.14 bits per heavy atom. The van der Waals surface area contributed by atoms with E-state index in [0.29, 0.717) is 23.5 Å². The largest absolute Gasteiger partial charge is 0.393 e. The predicted octanol–water partition coefficient (Wildman–Crippen LogP) is 4.13. The quantitative estimate of drug-likeness (QED) is 0.683. The number of ketones is 1. The standard InChI is InChI=1S/C20H30O2/c1-12-11-20-8-5-14-18(2,3)16(21)6-7-19(14,4)15(20)9-13(12)10-17(20)22/h13-15,17,22H,1,5-11H2,2-4H3/t13-,14-,15+,17-,19-,20+/m1/s1. The van der Waals surface area contributed by atoms with Gasteiger partial charge in [0.15, 0.2) is 0 Å². The summed E-state index contributed by atoms with van der Waals surface area (Å²) in [6, 6.07) is 0. The normalized spacial score (nSPS) is 53.1. The van der Waals surface area contributed by atoms with Crippen molar-refractivity contribution in [3.8, 4) is 0 Å². The molecule has 0 aromatic heterocycles. The fraction of sp³-hybridized carbons (Fsp3) is 0.850. The molecular weight excluding hydrogens is 272 g/mol. The highest BCUT2D eigenvalue weighted by Crippen LogP contribution is 2.71. The predicted molar refractivity (Wildman–Crippen MR) is 87.3 cm³/mol. The van der Waals surface area contributed by atoms with Gasteiger partial charge in [-0.15, -0.1) is 0 Å². The topological polar surface area (TPSA) is 37.3 Å². The molecule has 5 saturated carbocycles. The van der Waals surface area contributed by atoms with Crippen molar-refractivity contribution in [1.82, 2.24) is 0 Å². The van der Waals surface area contributed by atoms with E-state index in [9.17, 15) is 9.90 Å². The Balaban J connectivity index is 1.78. The number of hydrogen-bond donors (Lipinski definition) is 1. The summed E-state index contributed by atoms with van der Waals surface area (Å²) >= 11 is 0. The first-order chi connectivity index (χ1) is 10.2. The Hall–Kier alpha value is -0.630. The third-order valence-corrected chi connectivity index (χ3v) is 8.49. The van der Waals surface area contributed by atoms with Crippen LogP contribution in [0.2, 0.25) is 0 Å². The van der Waals surface area contributed by atoms with Crippen molar-refractivity contribution >= 4 is 5.78 Å². The first-order valence-electron chi connectivity index (χ1n) is 9.11. The molecule has 2 bridgehead atoms. The van der Waals surface area contributed by atoms with Crippen LogP contribution in [0.4, 0.5) is 0 Å². The molecule has 5 aliphatic carbocycles. The second-order valence-electron chi connectivity index (χ2n) is 9.55. The molecule has 2 nitrogen and oxygen atoms in total. The van der Waals surface area contributed by atoms with E-state index < -0.39 is 0 Å². The van der Waals surface area contributed by atoms with Crippen molar-refractivity contribution in [3.63, 3.8) is 0 Å². The molecule has 6 atom stereocenters. The maximum atomic E-state index is 12.5. The van der Waals surface area contributed by atoms with Gasteiger partial charge in [0.1, 0.15) is 5.78 Å². The highest BCUT2D eigenvalue weighted by atomic mass is 16.3. The Bertz CT molecular complexity index is 548. The van der Waals surface area contributed by atoms with E-state index in [1.54, 1.807) is 0 Å². The number of Topliss-reactive ketones (excluding diaryl/α,β-unsaturated/α-hetero) is 1. The van der Waals surface area contributed by atoms with Crippen LogP contribution < -0.4 is 0 Å². The van der Waals surface area contributed by atoms with E-state index >= 15 is 0 Å². The summed E-state index contributed by atoms with van der Waals surface area (Å²) in [6.45, 7) is 11.1. The van der Waals surface area contributed by atoms with Gasteiger partial charge in [0.25, 0.3) is 0 Å². The molecule has 122 valence electrons. The van der Waals surface area contributed by atoms with Crippen molar-refractivity contribution in [3.05, 3.63) is 12.2 Å². The summed E-state index contributed by atoms with van der Waals surface area (Å²) < 4.78 is 0.